The Morgan fingerprint density at radius 3 is 2.48 bits per heavy atom. The number of nitrogens with one attached hydrogen (secondary N) is 1. The molecule has 1 aliphatic rings. The predicted molar refractivity (Wildman–Crippen MR) is 109 cm³/mol. The van der Waals surface area contributed by atoms with Crippen LogP contribution in [0.4, 0.5) is 5.69 Å². The molecular weight excluding hydrogens is 370 g/mol. The van der Waals surface area contributed by atoms with E-state index in [0.717, 1.165) is 11.1 Å². The molecule has 1 aliphatic heterocycles. The molecule has 7 nitrogen and oxygen atoms in total. The summed E-state index contributed by atoms with van der Waals surface area (Å²) in [5.41, 5.74) is 2.79. The molecule has 1 unspecified atom stereocenters. The number of esters is 1. The average Bonchev–Trinajstić information content (AvgIpc) is 2.74. The lowest BCUT2D eigenvalue weighted by Gasteiger charge is -2.23. The molecule has 1 heterocycles. The van der Waals surface area contributed by atoms with Gasteiger partial charge in [-0.05, 0) is 31.5 Å². The minimum Gasteiger partial charge on any atom is -0.448 e. The van der Waals surface area contributed by atoms with Crippen molar-refractivity contribution in [3.63, 3.8) is 0 Å². The molecular formula is C22H23N3O4. The molecule has 2 aromatic carbocycles. The van der Waals surface area contributed by atoms with Crippen LogP contribution in [0.25, 0.3) is 0 Å². The molecule has 0 saturated carbocycles. The molecule has 0 saturated heterocycles. The van der Waals surface area contributed by atoms with E-state index < -0.39 is 18.0 Å². The van der Waals surface area contributed by atoms with Gasteiger partial charge in [0.2, 0.25) is 5.91 Å². The smallest absolute Gasteiger partial charge is 0.355 e. The van der Waals surface area contributed by atoms with Crippen molar-refractivity contribution in [2.24, 2.45) is 5.10 Å². The van der Waals surface area contributed by atoms with Crippen LogP contribution in [0.2, 0.25) is 0 Å². The lowest BCUT2D eigenvalue weighted by Crippen LogP contribution is -2.39. The third-order valence-electron chi connectivity index (χ3n) is 4.51. The third-order valence-corrected chi connectivity index (χ3v) is 4.51. The summed E-state index contributed by atoms with van der Waals surface area (Å²) in [6, 6.07) is 16.6. The summed E-state index contributed by atoms with van der Waals surface area (Å²) < 4.78 is 5.26. The fraction of sp³-hybridized carbons (Fsp3) is 0.273. The van der Waals surface area contributed by atoms with Crippen LogP contribution in [0.15, 0.2) is 59.7 Å². The summed E-state index contributed by atoms with van der Waals surface area (Å²) in [7, 11) is 0. The number of para-hydroxylation sites is 1. The van der Waals surface area contributed by atoms with Crippen LogP contribution in [0.3, 0.4) is 0 Å². The van der Waals surface area contributed by atoms with Gasteiger partial charge in [0.1, 0.15) is 5.71 Å². The number of aryl methyl sites for hydroxylation is 1. The molecule has 0 aliphatic carbocycles. The Hall–Kier alpha value is -3.48. The number of carbonyl (C=O) groups excluding carboxylic acids is 3. The summed E-state index contributed by atoms with van der Waals surface area (Å²) in [6.07, 6.45) is -0.645. The Morgan fingerprint density at radius 2 is 1.79 bits per heavy atom. The number of carbonyl (C=O) groups is 3. The minimum atomic E-state index is -0.974. The number of hydrazone groups is 1. The molecule has 1 N–H and O–H groups in total. The molecule has 0 spiro atoms. The zero-order chi connectivity index (χ0) is 20.8. The maximum Gasteiger partial charge on any atom is 0.355 e. The number of rotatable bonds is 6. The van der Waals surface area contributed by atoms with Crippen LogP contribution < -0.4 is 10.3 Å². The van der Waals surface area contributed by atoms with Crippen molar-refractivity contribution in [2.75, 3.05) is 5.01 Å². The van der Waals surface area contributed by atoms with E-state index >= 15 is 0 Å². The van der Waals surface area contributed by atoms with E-state index in [0.29, 0.717) is 12.2 Å². The molecule has 29 heavy (non-hydrogen) atoms. The number of amides is 2. The van der Waals surface area contributed by atoms with Gasteiger partial charge in [0.25, 0.3) is 5.91 Å². The van der Waals surface area contributed by atoms with Gasteiger partial charge in [0.05, 0.1) is 5.69 Å². The van der Waals surface area contributed by atoms with Gasteiger partial charge < -0.3 is 10.1 Å². The lowest BCUT2D eigenvalue weighted by molar-refractivity contribution is -0.148. The second-order valence-corrected chi connectivity index (χ2v) is 6.84. The first-order chi connectivity index (χ1) is 13.9. The summed E-state index contributed by atoms with van der Waals surface area (Å²) in [6.45, 7) is 3.84. The average molecular weight is 393 g/mol. The minimum absolute atomic E-state index is 0.117. The topological polar surface area (TPSA) is 88.1 Å². The molecule has 3 rings (SSSR count). The first kappa shape index (κ1) is 20.3. The van der Waals surface area contributed by atoms with Crippen molar-refractivity contribution in [2.45, 2.75) is 39.3 Å². The van der Waals surface area contributed by atoms with Gasteiger partial charge in [-0.1, -0.05) is 48.0 Å². The fourth-order valence-corrected chi connectivity index (χ4v) is 2.79. The van der Waals surface area contributed by atoms with Crippen molar-refractivity contribution in [1.29, 1.82) is 0 Å². The summed E-state index contributed by atoms with van der Waals surface area (Å²) >= 11 is 0. The predicted octanol–water partition coefficient (Wildman–Crippen LogP) is 2.73. The first-order valence-corrected chi connectivity index (χ1v) is 9.44. The summed E-state index contributed by atoms with van der Waals surface area (Å²) in [5, 5.41) is 8.09. The maximum absolute atomic E-state index is 12.4. The Labute approximate surface area is 169 Å². The van der Waals surface area contributed by atoms with E-state index in [-0.39, 0.29) is 24.5 Å². The van der Waals surface area contributed by atoms with E-state index in [1.54, 1.807) is 24.3 Å². The molecule has 1 atom stereocenters. The van der Waals surface area contributed by atoms with Crippen LogP contribution in [-0.2, 0) is 25.7 Å². The van der Waals surface area contributed by atoms with E-state index in [4.69, 9.17) is 4.74 Å². The number of benzene rings is 2. The SMILES string of the molecule is Cc1ccc(CNC(=O)C(C)OC(=O)C2=NN(c3ccccc3)C(=O)CC2)cc1. The van der Waals surface area contributed by atoms with Gasteiger partial charge in [0.15, 0.2) is 6.10 Å². The number of hydrogen-bond donors (Lipinski definition) is 1. The number of nitrogens with zero attached hydrogens (tertiary/aromatic N) is 2. The standard InChI is InChI=1S/C22H23N3O4/c1-15-8-10-17(11-9-15)14-23-21(27)16(2)29-22(28)19-12-13-20(26)25(24-19)18-6-4-3-5-7-18/h3-11,16H,12-14H2,1-2H3,(H,23,27). The highest BCUT2D eigenvalue weighted by atomic mass is 16.5. The zero-order valence-corrected chi connectivity index (χ0v) is 16.4. The van der Waals surface area contributed by atoms with Gasteiger partial charge >= 0.3 is 5.97 Å². The zero-order valence-electron chi connectivity index (χ0n) is 16.4. The Balaban J connectivity index is 1.58. The van der Waals surface area contributed by atoms with E-state index in [9.17, 15) is 14.4 Å². The fourth-order valence-electron chi connectivity index (χ4n) is 2.79. The molecule has 2 amide bonds. The highest BCUT2D eigenvalue weighted by Gasteiger charge is 2.28. The van der Waals surface area contributed by atoms with Crippen molar-refractivity contribution in [1.82, 2.24) is 5.32 Å². The number of hydrogen-bond acceptors (Lipinski definition) is 5. The van der Waals surface area contributed by atoms with E-state index in [2.05, 4.69) is 10.4 Å². The van der Waals surface area contributed by atoms with Crippen LogP contribution in [-0.4, -0.2) is 29.6 Å². The monoisotopic (exact) mass is 393 g/mol. The normalized spacial score (nSPS) is 14.8. The summed E-state index contributed by atoms with van der Waals surface area (Å²) in [4.78, 5) is 36.8. The van der Waals surface area contributed by atoms with Crippen LogP contribution in [0, 0.1) is 6.92 Å². The maximum atomic E-state index is 12.4. The highest BCUT2D eigenvalue weighted by molar-refractivity contribution is 6.38. The lowest BCUT2D eigenvalue weighted by atomic mass is 10.1. The Kier molecular flexibility index (Phi) is 6.39. The Bertz CT molecular complexity index is 923. The van der Waals surface area contributed by atoms with Crippen molar-refractivity contribution >= 4 is 29.2 Å². The molecule has 150 valence electrons. The molecule has 0 aromatic heterocycles. The van der Waals surface area contributed by atoms with Crippen molar-refractivity contribution in [3.05, 3.63) is 65.7 Å². The number of ether oxygens (including phenoxy) is 1. The second-order valence-electron chi connectivity index (χ2n) is 6.84. The molecule has 2 aromatic rings. The molecule has 0 bridgehead atoms. The van der Waals surface area contributed by atoms with Gasteiger partial charge in [-0.2, -0.15) is 5.10 Å². The number of anilines is 1. The molecule has 7 heteroatoms. The van der Waals surface area contributed by atoms with Crippen molar-refractivity contribution < 1.29 is 19.1 Å². The van der Waals surface area contributed by atoms with Crippen LogP contribution >= 0.6 is 0 Å². The Morgan fingerprint density at radius 1 is 1.10 bits per heavy atom. The quantitative estimate of drug-likeness (QED) is 0.765. The van der Waals surface area contributed by atoms with E-state index in [1.807, 2.05) is 37.3 Å². The van der Waals surface area contributed by atoms with E-state index in [1.165, 1.54) is 11.9 Å². The molecule has 0 radical (unpaired) electrons. The van der Waals surface area contributed by atoms with Gasteiger partial charge in [-0.3, -0.25) is 9.59 Å². The van der Waals surface area contributed by atoms with Crippen LogP contribution in [0.5, 0.6) is 0 Å². The van der Waals surface area contributed by atoms with Gasteiger partial charge in [-0.15, -0.1) is 0 Å². The highest BCUT2D eigenvalue weighted by Crippen LogP contribution is 2.20. The third kappa shape index (κ3) is 5.28. The van der Waals surface area contributed by atoms with Crippen LogP contribution in [0.1, 0.15) is 30.9 Å². The second kappa shape index (κ2) is 9.14. The van der Waals surface area contributed by atoms with Gasteiger partial charge in [0, 0.05) is 19.4 Å². The van der Waals surface area contributed by atoms with Crippen molar-refractivity contribution in [3.8, 4) is 0 Å². The summed E-state index contributed by atoms with van der Waals surface area (Å²) in [5.74, 6) is -1.29. The first-order valence-electron chi connectivity index (χ1n) is 9.44. The van der Waals surface area contributed by atoms with Gasteiger partial charge in [-0.25, -0.2) is 9.80 Å². The largest absolute Gasteiger partial charge is 0.448 e. The molecule has 0 fully saturated rings.